The summed E-state index contributed by atoms with van der Waals surface area (Å²) in [6.07, 6.45) is 3.19. The molecule has 0 aliphatic carbocycles. The zero-order valence-corrected chi connectivity index (χ0v) is 10.5. The lowest BCUT2D eigenvalue weighted by Gasteiger charge is -2.11. The fourth-order valence-corrected chi connectivity index (χ4v) is 1.82. The zero-order valence-electron chi connectivity index (χ0n) is 10.5. The Morgan fingerprint density at radius 2 is 2.17 bits per heavy atom. The highest BCUT2D eigenvalue weighted by molar-refractivity contribution is 5.93. The number of H-pyrrole nitrogens is 1. The van der Waals surface area contributed by atoms with Gasteiger partial charge in [-0.15, -0.1) is 0 Å². The zero-order chi connectivity index (χ0) is 13.1. The molecule has 0 fully saturated rings. The molecule has 0 atom stereocenters. The molecule has 2 aromatic heterocycles. The number of aromatic amines is 1. The summed E-state index contributed by atoms with van der Waals surface area (Å²) in [6, 6.07) is 0. The molecule has 18 heavy (non-hydrogen) atoms. The van der Waals surface area contributed by atoms with Crippen LogP contribution < -0.4 is 4.74 Å². The minimum atomic E-state index is -0.144. The number of aromatic nitrogens is 4. The van der Waals surface area contributed by atoms with Gasteiger partial charge in [0.25, 0.3) is 0 Å². The summed E-state index contributed by atoms with van der Waals surface area (Å²) in [5, 5.41) is 6.20. The molecule has 0 aliphatic heterocycles. The Morgan fingerprint density at radius 1 is 1.39 bits per heavy atom. The number of nitrogens with zero attached hydrogens (tertiary/aromatic N) is 3. The van der Waals surface area contributed by atoms with Crippen LogP contribution in [0.5, 0.6) is 5.75 Å². The minimum absolute atomic E-state index is 0.144. The van der Waals surface area contributed by atoms with E-state index in [1.54, 1.807) is 13.3 Å². The first-order valence-electron chi connectivity index (χ1n) is 5.51. The molecule has 0 saturated carbocycles. The SMILES string of the molecule is COc1c(C)cnc(CC(=O)c2ncn[nH]2)c1C. The molecule has 0 radical (unpaired) electrons. The second-order valence-electron chi connectivity index (χ2n) is 3.98. The molecular weight excluding hydrogens is 232 g/mol. The van der Waals surface area contributed by atoms with E-state index in [9.17, 15) is 4.79 Å². The lowest BCUT2D eigenvalue weighted by molar-refractivity contribution is 0.0982. The number of ketones is 1. The number of hydrogen-bond donors (Lipinski definition) is 1. The maximum Gasteiger partial charge on any atom is 0.205 e. The summed E-state index contributed by atoms with van der Waals surface area (Å²) in [5.74, 6) is 0.870. The van der Waals surface area contributed by atoms with E-state index in [4.69, 9.17) is 4.74 Å². The Morgan fingerprint density at radius 3 is 2.78 bits per heavy atom. The molecule has 1 N–H and O–H groups in total. The largest absolute Gasteiger partial charge is 0.496 e. The summed E-state index contributed by atoms with van der Waals surface area (Å²) in [6.45, 7) is 3.81. The van der Waals surface area contributed by atoms with Crippen LogP contribution in [-0.4, -0.2) is 33.1 Å². The second kappa shape index (κ2) is 4.95. The molecule has 0 aromatic carbocycles. The van der Waals surface area contributed by atoms with E-state index in [1.165, 1.54) is 6.33 Å². The van der Waals surface area contributed by atoms with Gasteiger partial charge in [0.05, 0.1) is 19.2 Å². The smallest absolute Gasteiger partial charge is 0.205 e. The number of aryl methyl sites for hydroxylation is 1. The predicted molar refractivity (Wildman–Crippen MR) is 64.7 cm³/mol. The van der Waals surface area contributed by atoms with E-state index in [1.807, 2.05) is 13.8 Å². The molecule has 2 aromatic rings. The summed E-state index contributed by atoms with van der Waals surface area (Å²) < 4.78 is 5.30. The molecule has 0 amide bonds. The van der Waals surface area contributed by atoms with Crippen molar-refractivity contribution in [1.82, 2.24) is 20.2 Å². The van der Waals surface area contributed by atoms with Crippen LogP contribution in [0.3, 0.4) is 0 Å². The van der Waals surface area contributed by atoms with Gasteiger partial charge in [-0.05, 0) is 13.8 Å². The lowest BCUT2D eigenvalue weighted by atomic mass is 10.1. The van der Waals surface area contributed by atoms with Crippen molar-refractivity contribution in [1.29, 1.82) is 0 Å². The highest BCUT2D eigenvalue weighted by Crippen LogP contribution is 2.24. The first-order chi connectivity index (χ1) is 8.63. The second-order valence-corrected chi connectivity index (χ2v) is 3.98. The first-order valence-corrected chi connectivity index (χ1v) is 5.51. The number of carbonyl (C=O) groups is 1. The van der Waals surface area contributed by atoms with Gasteiger partial charge >= 0.3 is 0 Å². The van der Waals surface area contributed by atoms with Crippen LogP contribution in [0.4, 0.5) is 0 Å². The number of Topliss-reactive ketones (excluding diaryl/α,β-unsaturated/α-hetero) is 1. The van der Waals surface area contributed by atoms with E-state index in [0.717, 1.165) is 16.9 Å². The first kappa shape index (κ1) is 12.2. The molecule has 6 heteroatoms. The maximum atomic E-state index is 11.9. The van der Waals surface area contributed by atoms with Crippen molar-refractivity contribution in [2.24, 2.45) is 0 Å². The van der Waals surface area contributed by atoms with Crippen LogP contribution >= 0.6 is 0 Å². The molecule has 6 nitrogen and oxygen atoms in total. The van der Waals surface area contributed by atoms with Crippen LogP contribution in [0.15, 0.2) is 12.5 Å². The van der Waals surface area contributed by atoms with Crippen molar-refractivity contribution in [2.45, 2.75) is 20.3 Å². The average Bonchev–Trinajstić information content (AvgIpc) is 2.87. The van der Waals surface area contributed by atoms with Gasteiger partial charge in [0.1, 0.15) is 12.1 Å². The predicted octanol–water partition coefficient (Wildman–Crippen LogP) is 1.25. The Kier molecular flexibility index (Phi) is 3.36. The van der Waals surface area contributed by atoms with Gasteiger partial charge < -0.3 is 4.74 Å². The fourth-order valence-electron chi connectivity index (χ4n) is 1.82. The van der Waals surface area contributed by atoms with Gasteiger partial charge in [-0.1, -0.05) is 0 Å². The summed E-state index contributed by atoms with van der Waals surface area (Å²) >= 11 is 0. The number of carbonyl (C=O) groups excluding carboxylic acids is 1. The number of ether oxygens (including phenoxy) is 1. The van der Waals surface area contributed by atoms with Gasteiger partial charge in [0.2, 0.25) is 5.78 Å². The Bertz CT molecular complexity index is 564. The van der Waals surface area contributed by atoms with Crippen molar-refractivity contribution in [3.05, 3.63) is 35.2 Å². The number of methoxy groups -OCH3 is 1. The Hall–Kier alpha value is -2.24. The Labute approximate surface area is 104 Å². The van der Waals surface area contributed by atoms with E-state index >= 15 is 0 Å². The third-order valence-electron chi connectivity index (χ3n) is 2.76. The van der Waals surface area contributed by atoms with Crippen LogP contribution in [0.1, 0.15) is 27.4 Å². The van der Waals surface area contributed by atoms with Gasteiger partial charge in [0, 0.05) is 17.3 Å². The van der Waals surface area contributed by atoms with Crippen LogP contribution in [0.25, 0.3) is 0 Å². The number of rotatable bonds is 4. The monoisotopic (exact) mass is 246 g/mol. The molecule has 0 aliphatic rings. The molecule has 2 rings (SSSR count). The van der Waals surface area contributed by atoms with Crippen LogP contribution in [-0.2, 0) is 6.42 Å². The fraction of sp³-hybridized carbons (Fsp3) is 0.333. The van der Waals surface area contributed by atoms with Crippen molar-refractivity contribution < 1.29 is 9.53 Å². The van der Waals surface area contributed by atoms with Crippen LogP contribution in [0.2, 0.25) is 0 Å². The molecule has 2 heterocycles. The topological polar surface area (TPSA) is 80.8 Å². The van der Waals surface area contributed by atoms with E-state index in [-0.39, 0.29) is 18.0 Å². The summed E-state index contributed by atoms with van der Waals surface area (Å²) in [7, 11) is 1.61. The van der Waals surface area contributed by atoms with Gasteiger partial charge in [-0.25, -0.2) is 4.98 Å². The summed E-state index contributed by atoms with van der Waals surface area (Å²) in [5.41, 5.74) is 2.52. The number of hydrogen-bond acceptors (Lipinski definition) is 5. The average molecular weight is 246 g/mol. The van der Waals surface area contributed by atoms with Gasteiger partial charge in [-0.3, -0.25) is 14.9 Å². The van der Waals surface area contributed by atoms with Crippen molar-refractivity contribution in [2.75, 3.05) is 7.11 Å². The number of nitrogens with one attached hydrogen (secondary N) is 1. The molecule has 0 unspecified atom stereocenters. The van der Waals surface area contributed by atoms with Crippen molar-refractivity contribution in [3.8, 4) is 5.75 Å². The van der Waals surface area contributed by atoms with E-state index in [2.05, 4.69) is 20.2 Å². The minimum Gasteiger partial charge on any atom is -0.496 e. The quantitative estimate of drug-likeness (QED) is 0.821. The maximum absolute atomic E-state index is 11.9. The van der Waals surface area contributed by atoms with Gasteiger partial charge in [0.15, 0.2) is 5.82 Å². The highest BCUT2D eigenvalue weighted by Gasteiger charge is 2.15. The molecule has 0 saturated heterocycles. The molecular formula is C12H14N4O2. The third kappa shape index (κ3) is 2.22. The van der Waals surface area contributed by atoms with E-state index < -0.39 is 0 Å². The van der Waals surface area contributed by atoms with Crippen molar-refractivity contribution >= 4 is 5.78 Å². The number of pyridine rings is 1. The molecule has 0 spiro atoms. The Balaban J connectivity index is 2.27. The van der Waals surface area contributed by atoms with E-state index in [0.29, 0.717) is 5.69 Å². The standard InChI is InChI=1S/C12H14N4O2/c1-7-5-13-9(8(2)11(7)18-3)4-10(17)12-14-6-15-16-12/h5-6H,4H2,1-3H3,(H,14,15,16). The van der Waals surface area contributed by atoms with Crippen LogP contribution in [0, 0.1) is 13.8 Å². The van der Waals surface area contributed by atoms with Crippen molar-refractivity contribution in [3.63, 3.8) is 0 Å². The normalized spacial score (nSPS) is 10.4. The molecule has 94 valence electrons. The lowest BCUT2D eigenvalue weighted by Crippen LogP contribution is -2.09. The highest BCUT2D eigenvalue weighted by atomic mass is 16.5. The third-order valence-corrected chi connectivity index (χ3v) is 2.76. The molecule has 0 bridgehead atoms. The summed E-state index contributed by atoms with van der Waals surface area (Å²) in [4.78, 5) is 20.0. The van der Waals surface area contributed by atoms with Gasteiger partial charge in [-0.2, -0.15) is 5.10 Å².